The number of quaternary nitrogens is 1. The summed E-state index contributed by atoms with van der Waals surface area (Å²) >= 11 is 0. The first-order chi connectivity index (χ1) is 12.9. The molecule has 2 aliphatic rings. The highest BCUT2D eigenvalue weighted by molar-refractivity contribution is 5.93. The molecule has 5 nitrogen and oxygen atoms in total. The molecule has 0 bridgehead atoms. The first kappa shape index (κ1) is 19.9. The summed E-state index contributed by atoms with van der Waals surface area (Å²) in [6.45, 7) is 6.50. The number of para-hydroxylation sites is 1. The van der Waals surface area contributed by atoms with Crippen molar-refractivity contribution in [3.63, 3.8) is 0 Å². The second-order valence-corrected chi connectivity index (χ2v) is 8.56. The molecule has 3 rings (SSSR count). The molecular formula is C22H34N3O2+. The quantitative estimate of drug-likeness (QED) is 0.828. The maximum atomic E-state index is 12.7. The summed E-state index contributed by atoms with van der Waals surface area (Å²) in [7, 11) is 1.93. The summed E-state index contributed by atoms with van der Waals surface area (Å²) in [5.41, 5.74) is 3.01. The molecule has 27 heavy (non-hydrogen) atoms. The van der Waals surface area contributed by atoms with E-state index < -0.39 is 0 Å². The van der Waals surface area contributed by atoms with Crippen LogP contribution in [0.1, 0.15) is 43.2 Å². The maximum Gasteiger partial charge on any atom is 0.279 e. The molecule has 2 amide bonds. The zero-order valence-corrected chi connectivity index (χ0v) is 17.0. The number of carbonyl (C=O) groups is 2. The van der Waals surface area contributed by atoms with Gasteiger partial charge in [0.25, 0.3) is 11.8 Å². The summed E-state index contributed by atoms with van der Waals surface area (Å²) in [6.07, 6.45) is 6.44. The Morgan fingerprint density at radius 3 is 2.44 bits per heavy atom. The minimum absolute atomic E-state index is 0.0383. The van der Waals surface area contributed by atoms with E-state index in [4.69, 9.17) is 0 Å². The van der Waals surface area contributed by atoms with Crippen LogP contribution >= 0.6 is 0 Å². The van der Waals surface area contributed by atoms with E-state index in [2.05, 4.69) is 5.32 Å². The second-order valence-electron chi connectivity index (χ2n) is 8.56. The lowest BCUT2D eigenvalue weighted by Crippen LogP contribution is -3.11. The molecule has 2 fully saturated rings. The monoisotopic (exact) mass is 372 g/mol. The van der Waals surface area contributed by atoms with Crippen LogP contribution in [-0.4, -0.2) is 49.9 Å². The zero-order valence-electron chi connectivity index (χ0n) is 17.0. The van der Waals surface area contributed by atoms with Gasteiger partial charge in [-0.3, -0.25) is 9.59 Å². The van der Waals surface area contributed by atoms with Crippen molar-refractivity contribution in [2.75, 3.05) is 38.5 Å². The number of fused-ring (bicyclic) bond motifs is 1. The Bertz CT molecular complexity index is 668. The van der Waals surface area contributed by atoms with Crippen LogP contribution in [0.3, 0.4) is 0 Å². The lowest BCUT2D eigenvalue weighted by atomic mass is 9.75. The molecule has 1 aliphatic carbocycles. The Hall–Kier alpha value is -1.88. The lowest BCUT2D eigenvalue weighted by Gasteiger charge is -2.41. The van der Waals surface area contributed by atoms with E-state index in [-0.39, 0.29) is 11.8 Å². The van der Waals surface area contributed by atoms with Gasteiger partial charge in [-0.2, -0.15) is 0 Å². The largest absolute Gasteiger partial charge is 0.338 e. The number of nitrogens with one attached hydrogen (secondary N) is 2. The highest BCUT2D eigenvalue weighted by Crippen LogP contribution is 2.35. The SMILES string of the molecule is Cc1cccc(C)c1NC(=O)C[NH+](C)CC(=O)N1CC[C@H]2CCCC[C@@H]2C1. The highest BCUT2D eigenvalue weighted by atomic mass is 16.2. The molecule has 0 spiro atoms. The topological polar surface area (TPSA) is 53.9 Å². The summed E-state index contributed by atoms with van der Waals surface area (Å²) in [5, 5.41) is 3.01. The molecule has 1 saturated carbocycles. The Morgan fingerprint density at radius 2 is 1.74 bits per heavy atom. The first-order valence-electron chi connectivity index (χ1n) is 10.4. The molecule has 2 N–H and O–H groups in total. The maximum absolute atomic E-state index is 12.7. The van der Waals surface area contributed by atoms with Gasteiger partial charge in [0.15, 0.2) is 13.1 Å². The molecule has 1 aromatic carbocycles. The normalized spacial score (nSPS) is 23.4. The van der Waals surface area contributed by atoms with E-state index in [9.17, 15) is 9.59 Å². The highest BCUT2D eigenvalue weighted by Gasteiger charge is 2.33. The minimum Gasteiger partial charge on any atom is -0.338 e. The number of nitrogens with zero attached hydrogens (tertiary/aromatic N) is 1. The number of amides is 2. The predicted octanol–water partition coefficient (Wildman–Crippen LogP) is 1.80. The van der Waals surface area contributed by atoms with Crippen molar-refractivity contribution in [1.29, 1.82) is 0 Å². The Morgan fingerprint density at radius 1 is 1.07 bits per heavy atom. The second kappa shape index (κ2) is 8.87. The van der Waals surface area contributed by atoms with Gasteiger partial charge < -0.3 is 15.1 Å². The van der Waals surface area contributed by atoms with E-state index in [0.29, 0.717) is 19.0 Å². The van der Waals surface area contributed by atoms with Crippen molar-refractivity contribution in [3.05, 3.63) is 29.3 Å². The van der Waals surface area contributed by atoms with Gasteiger partial charge in [0.05, 0.1) is 7.05 Å². The zero-order chi connectivity index (χ0) is 19.4. The van der Waals surface area contributed by atoms with Crippen LogP contribution in [-0.2, 0) is 9.59 Å². The molecule has 5 heteroatoms. The van der Waals surface area contributed by atoms with E-state index in [0.717, 1.165) is 47.1 Å². The van der Waals surface area contributed by atoms with Gasteiger partial charge in [-0.15, -0.1) is 0 Å². The fourth-order valence-electron chi connectivity index (χ4n) is 4.73. The summed E-state index contributed by atoms with van der Waals surface area (Å²) in [6, 6.07) is 5.99. The first-order valence-corrected chi connectivity index (χ1v) is 10.4. The van der Waals surface area contributed by atoms with E-state index >= 15 is 0 Å². The van der Waals surface area contributed by atoms with Gasteiger partial charge >= 0.3 is 0 Å². The summed E-state index contributed by atoms with van der Waals surface area (Å²) in [5.74, 6) is 1.68. The smallest absolute Gasteiger partial charge is 0.279 e. The molecule has 1 saturated heterocycles. The van der Waals surface area contributed by atoms with Crippen molar-refractivity contribution in [1.82, 2.24) is 4.90 Å². The fraction of sp³-hybridized carbons (Fsp3) is 0.636. The predicted molar refractivity (Wildman–Crippen MR) is 108 cm³/mol. The average Bonchev–Trinajstić information content (AvgIpc) is 2.64. The molecule has 3 atom stereocenters. The Kier molecular flexibility index (Phi) is 6.53. The number of likely N-dealkylation sites (tertiary alicyclic amines) is 1. The molecule has 0 radical (unpaired) electrons. The van der Waals surface area contributed by atoms with Gasteiger partial charge in [-0.05, 0) is 49.7 Å². The van der Waals surface area contributed by atoms with Crippen LogP contribution in [0.5, 0.6) is 0 Å². The van der Waals surface area contributed by atoms with Crippen molar-refractivity contribution in [2.24, 2.45) is 11.8 Å². The number of hydrogen-bond donors (Lipinski definition) is 2. The summed E-state index contributed by atoms with van der Waals surface area (Å²) < 4.78 is 0. The lowest BCUT2D eigenvalue weighted by molar-refractivity contribution is -0.862. The molecule has 1 unspecified atom stereocenters. The third-order valence-corrected chi connectivity index (χ3v) is 6.30. The molecule has 1 heterocycles. The van der Waals surface area contributed by atoms with Crippen molar-refractivity contribution in [2.45, 2.75) is 46.0 Å². The number of aryl methyl sites for hydroxylation is 2. The van der Waals surface area contributed by atoms with Gasteiger partial charge in [0.2, 0.25) is 0 Å². The van der Waals surface area contributed by atoms with Gasteiger partial charge in [0, 0.05) is 18.8 Å². The number of piperidine rings is 1. The minimum atomic E-state index is -0.0383. The van der Waals surface area contributed by atoms with Crippen LogP contribution in [0.25, 0.3) is 0 Å². The third kappa shape index (κ3) is 5.10. The van der Waals surface area contributed by atoms with Gasteiger partial charge in [-0.1, -0.05) is 37.5 Å². The number of anilines is 1. The standard InChI is InChI=1S/C22H33N3O2/c1-16-7-6-8-17(2)22(16)23-20(26)14-24(3)15-21(27)25-12-11-18-9-4-5-10-19(18)13-25/h6-8,18-19H,4-5,9-15H2,1-3H3,(H,23,26)/p+1/t18-,19-/m1/s1. The fourth-order valence-corrected chi connectivity index (χ4v) is 4.73. The molecule has 1 aliphatic heterocycles. The summed E-state index contributed by atoms with van der Waals surface area (Å²) in [4.78, 5) is 28.1. The Labute approximate surface area is 163 Å². The van der Waals surface area contributed by atoms with Gasteiger partial charge in [-0.25, -0.2) is 0 Å². The van der Waals surface area contributed by atoms with Crippen LogP contribution in [0.2, 0.25) is 0 Å². The number of carbonyl (C=O) groups excluding carboxylic acids is 2. The van der Waals surface area contributed by atoms with E-state index in [1.165, 1.54) is 25.7 Å². The molecule has 148 valence electrons. The van der Waals surface area contributed by atoms with E-state index in [1.54, 1.807) is 0 Å². The molecular weight excluding hydrogens is 338 g/mol. The van der Waals surface area contributed by atoms with E-state index in [1.807, 2.05) is 44.0 Å². The van der Waals surface area contributed by atoms with Crippen LogP contribution in [0.4, 0.5) is 5.69 Å². The van der Waals surface area contributed by atoms with Crippen LogP contribution < -0.4 is 10.2 Å². The van der Waals surface area contributed by atoms with Crippen molar-refractivity contribution >= 4 is 17.5 Å². The van der Waals surface area contributed by atoms with Crippen molar-refractivity contribution in [3.8, 4) is 0 Å². The van der Waals surface area contributed by atoms with Gasteiger partial charge in [0.1, 0.15) is 0 Å². The van der Waals surface area contributed by atoms with Crippen molar-refractivity contribution < 1.29 is 14.5 Å². The van der Waals surface area contributed by atoms with Crippen LogP contribution in [0.15, 0.2) is 18.2 Å². The third-order valence-electron chi connectivity index (χ3n) is 6.30. The number of likely N-dealkylation sites (N-methyl/N-ethyl adjacent to an activating group) is 1. The number of benzene rings is 1. The number of hydrogen-bond acceptors (Lipinski definition) is 2. The average molecular weight is 373 g/mol. The number of rotatable bonds is 5. The Balaban J connectivity index is 1.47. The van der Waals surface area contributed by atoms with Crippen LogP contribution in [0, 0.1) is 25.7 Å². The molecule has 1 aromatic rings. The molecule has 0 aromatic heterocycles.